The standard InChI is InChI=1S/C15H22F2N2/c1-3-5-10-19(11-6-4-2)15(18)14-12(16)8-7-9-13(14)17/h7-9,18H,3-6,10-11H2,1-2H3. The van der Waals surface area contributed by atoms with Gasteiger partial charge >= 0.3 is 0 Å². The average Bonchev–Trinajstić information content (AvgIpc) is 2.38. The lowest BCUT2D eigenvalue weighted by Crippen LogP contribution is -2.34. The molecule has 1 rings (SSSR count). The van der Waals surface area contributed by atoms with Crippen molar-refractivity contribution in [1.29, 1.82) is 5.41 Å². The Bertz CT molecular complexity index is 390. The number of rotatable bonds is 7. The fraction of sp³-hybridized carbons (Fsp3) is 0.533. The Labute approximate surface area is 113 Å². The van der Waals surface area contributed by atoms with Crippen molar-refractivity contribution < 1.29 is 8.78 Å². The Morgan fingerprint density at radius 2 is 1.53 bits per heavy atom. The van der Waals surface area contributed by atoms with E-state index >= 15 is 0 Å². The van der Waals surface area contributed by atoms with Gasteiger partial charge in [-0.25, -0.2) is 8.78 Å². The van der Waals surface area contributed by atoms with Crippen LogP contribution in [0.1, 0.15) is 45.1 Å². The van der Waals surface area contributed by atoms with Gasteiger partial charge in [-0.3, -0.25) is 5.41 Å². The highest BCUT2D eigenvalue weighted by molar-refractivity contribution is 5.96. The van der Waals surface area contributed by atoms with E-state index in [0.29, 0.717) is 13.1 Å². The van der Waals surface area contributed by atoms with Crippen molar-refractivity contribution >= 4 is 5.84 Å². The number of unbranched alkanes of at least 4 members (excludes halogenated alkanes) is 2. The molecule has 1 N–H and O–H groups in total. The van der Waals surface area contributed by atoms with Crippen LogP contribution >= 0.6 is 0 Å². The third-order valence-corrected chi connectivity index (χ3v) is 3.08. The van der Waals surface area contributed by atoms with E-state index in [9.17, 15) is 8.78 Å². The summed E-state index contributed by atoms with van der Waals surface area (Å²) in [4.78, 5) is 1.77. The summed E-state index contributed by atoms with van der Waals surface area (Å²) in [5.74, 6) is -1.37. The summed E-state index contributed by atoms with van der Waals surface area (Å²) >= 11 is 0. The van der Waals surface area contributed by atoms with Gasteiger partial charge in [-0.1, -0.05) is 32.8 Å². The molecule has 0 atom stereocenters. The van der Waals surface area contributed by atoms with Crippen LogP contribution in [0.5, 0.6) is 0 Å². The van der Waals surface area contributed by atoms with Crippen LogP contribution in [0.3, 0.4) is 0 Å². The average molecular weight is 268 g/mol. The van der Waals surface area contributed by atoms with Crippen molar-refractivity contribution in [3.05, 3.63) is 35.4 Å². The summed E-state index contributed by atoms with van der Waals surface area (Å²) in [6.45, 7) is 5.46. The minimum absolute atomic E-state index is 0.0440. The van der Waals surface area contributed by atoms with E-state index in [2.05, 4.69) is 13.8 Å². The third kappa shape index (κ3) is 4.30. The van der Waals surface area contributed by atoms with E-state index in [0.717, 1.165) is 25.7 Å². The van der Waals surface area contributed by atoms with Gasteiger partial charge in [-0.05, 0) is 25.0 Å². The molecule has 0 fully saturated rings. The molecule has 0 amide bonds. The maximum atomic E-state index is 13.7. The van der Waals surface area contributed by atoms with Crippen LogP contribution in [-0.2, 0) is 0 Å². The zero-order chi connectivity index (χ0) is 14.3. The summed E-state index contributed by atoms with van der Waals surface area (Å²) in [5.41, 5.74) is -0.213. The van der Waals surface area contributed by atoms with Gasteiger partial charge in [0, 0.05) is 13.1 Å². The lowest BCUT2D eigenvalue weighted by atomic mass is 10.1. The van der Waals surface area contributed by atoms with Crippen molar-refractivity contribution in [3.63, 3.8) is 0 Å². The van der Waals surface area contributed by atoms with E-state index < -0.39 is 11.6 Å². The number of nitrogens with zero attached hydrogens (tertiary/aromatic N) is 1. The summed E-state index contributed by atoms with van der Waals surface area (Å²) in [6, 6.07) is 3.72. The monoisotopic (exact) mass is 268 g/mol. The Kier molecular flexibility index (Phi) is 6.46. The molecular weight excluding hydrogens is 246 g/mol. The van der Waals surface area contributed by atoms with Crippen molar-refractivity contribution in [1.82, 2.24) is 4.90 Å². The van der Waals surface area contributed by atoms with E-state index in [1.54, 1.807) is 4.90 Å². The number of amidine groups is 1. The molecule has 0 saturated carbocycles. The van der Waals surface area contributed by atoms with Gasteiger partial charge in [0.15, 0.2) is 0 Å². The molecule has 2 nitrogen and oxygen atoms in total. The van der Waals surface area contributed by atoms with E-state index in [4.69, 9.17) is 5.41 Å². The predicted octanol–water partition coefficient (Wildman–Crippen LogP) is 4.19. The van der Waals surface area contributed by atoms with Gasteiger partial charge in [0.25, 0.3) is 0 Å². The van der Waals surface area contributed by atoms with Crippen molar-refractivity contribution in [2.75, 3.05) is 13.1 Å². The second kappa shape index (κ2) is 7.87. The fourth-order valence-electron chi connectivity index (χ4n) is 1.92. The Morgan fingerprint density at radius 1 is 1.05 bits per heavy atom. The van der Waals surface area contributed by atoms with Crippen molar-refractivity contribution in [2.45, 2.75) is 39.5 Å². The van der Waals surface area contributed by atoms with Crippen LogP contribution in [0.15, 0.2) is 18.2 Å². The third-order valence-electron chi connectivity index (χ3n) is 3.08. The molecule has 0 unspecified atom stereocenters. The zero-order valence-corrected chi connectivity index (χ0v) is 11.7. The summed E-state index contributed by atoms with van der Waals surface area (Å²) < 4.78 is 27.4. The Balaban J connectivity index is 2.91. The maximum absolute atomic E-state index is 13.7. The van der Waals surface area contributed by atoms with Crippen LogP contribution in [-0.4, -0.2) is 23.8 Å². The fourth-order valence-corrected chi connectivity index (χ4v) is 1.92. The number of hydrogen-bond acceptors (Lipinski definition) is 1. The second-order valence-corrected chi connectivity index (χ2v) is 4.64. The molecule has 0 radical (unpaired) electrons. The second-order valence-electron chi connectivity index (χ2n) is 4.64. The van der Waals surface area contributed by atoms with Gasteiger partial charge in [0.2, 0.25) is 0 Å². The molecule has 1 aromatic rings. The molecule has 0 saturated heterocycles. The normalized spacial score (nSPS) is 10.5. The van der Waals surface area contributed by atoms with E-state index in [1.165, 1.54) is 18.2 Å². The topological polar surface area (TPSA) is 27.1 Å². The largest absolute Gasteiger partial charge is 0.356 e. The van der Waals surface area contributed by atoms with Crippen LogP contribution in [0, 0.1) is 17.0 Å². The van der Waals surface area contributed by atoms with Crippen LogP contribution in [0.25, 0.3) is 0 Å². The molecule has 106 valence electrons. The smallest absolute Gasteiger partial charge is 0.137 e. The first kappa shape index (κ1) is 15.6. The van der Waals surface area contributed by atoms with Crippen molar-refractivity contribution in [2.24, 2.45) is 0 Å². The van der Waals surface area contributed by atoms with Gasteiger partial charge in [-0.15, -0.1) is 0 Å². The SMILES string of the molecule is CCCCN(CCCC)C(=N)c1c(F)cccc1F. The lowest BCUT2D eigenvalue weighted by Gasteiger charge is -2.25. The summed E-state index contributed by atoms with van der Waals surface area (Å²) in [7, 11) is 0. The summed E-state index contributed by atoms with van der Waals surface area (Å²) in [5, 5.41) is 8.07. The maximum Gasteiger partial charge on any atom is 0.137 e. The highest BCUT2D eigenvalue weighted by Gasteiger charge is 2.18. The molecule has 0 spiro atoms. The Hall–Kier alpha value is -1.45. The molecule has 4 heteroatoms. The minimum Gasteiger partial charge on any atom is -0.356 e. The van der Waals surface area contributed by atoms with E-state index in [1.807, 2.05) is 0 Å². The predicted molar refractivity (Wildman–Crippen MR) is 74.6 cm³/mol. The van der Waals surface area contributed by atoms with Crippen LogP contribution < -0.4 is 0 Å². The first-order chi connectivity index (χ1) is 9.11. The molecule has 0 aliphatic rings. The molecule has 0 aliphatic carbocycles. The summed E-state index contributed by atoms with van der Waals surface area (Å²) in [6.07, 6.45) is 3.83. The zero-order valence-electron chi connectivity index (χ0n) is 11.7. The van der Waals surface area contributed by atoms with E-state index in [-0.39, 0.29) is 11.4 Å². The highest BCUT2D eigenvalue weighted by Crippen LogP contribution is 2.15. The van der Waals surface area contributed by atoms with Crippen LogP contribution in [0.2, 0.25) is 0 Å². The molecule has 0 aliphatic heterocycles. The molecule has 0 heterocycles. The number of nitrogens with one attached hydrogen (secondary N) is 1. The number of hydrogen-bond donors (Lipinski definition) is 1. The molecule has 0 bridgehead atoms. The molecule has 1 aromatic carbocycles. The van der Waals surface area contributed by atoms with Gasteiger partial charge < -0.3 is 4.90 Å². The van der Waals surface area contributed by atoms with Crippen molar-refractivity contribution in [3.8, 4) is 0 Å². The van der Waals surface area contributed by atoms with Crippen LogP contribution in [0.4, 0.5) is 8.78 Å². The number of benzene rings is 1. The minimum atomic E-state index is -0.664. The van der Waals surface area contributed by atoms with Gasteiger partial charge in [0.1, 0.15) is 17.5 Å². The highest BCUT2D eigenvalue weighted by atomic mass is 19.1. The van der Waals surface area contributed by atoms with Gasteiger partial charge in [0.05, 0.1) is 5.56 Å². The first-order valence-electron chi connectivity index (χ1n) is 6.89. The van der Waals surface area contributed by atoms with Gasteiger partial charge in [-0.2, -0.15) is 0 Å². The quantitative estimate of drug-likeness (QED) is 0.582. The molecular formula is C15H22F2N2. The Morgan fingerprint density at radius 3 is 1.95 bits per heavy atom. The first-order valence-corrected chi connectivity index (χ1v) is 6.89. The number of halogens is 2. The molecule has 0 aromatic heterocycles. The molecule has 19 heavy (non-hydrogen) atoms. The lowest BCUT2D eigenvalue weighted by molar-refractivity contribution is 0.393.